The predicted octanol–water partition coefficient (Wildman–Crippen LogP) is 5.29. The molecule has 0 bridgehead atoms. The van der Waals surface area contributed by atoms with E-state index in [0.717, 1.165) is 23.5 Å². The van der Waals surface area contributed by atoms with Crippen molar-refractivity contribution in [3.63, 3.8) is 0 Å². The van der Waals surface area contributed by atoms with E-state index in [1.54, 1.807) is 0 Å². The summed E-state index contributed by atoms with van der Waals surface area (Å²) in [7, 11) is 0. The lowest BCUT2D eigenvalue weighted by Crippen LogP contribution is -2.32. The van der Waals surface area contributed by atoms with Gasteiger partial charge in [0.25, 0.3) is 5.91 Å². The van der Waals surface area contributed by atoms with Crippen LogP contribution in [0.25, 0.3) is 0 Å². The highest BCUT2D eigenvalue weighted by Crippen LogP contribution is 2.37. The number of halogens is 1. The SMILES string of the molecule is O=C1c2ccccc2Nc2cc(Cl)ccc2N1CCc1ccccc1. The Balaban J connectivity index is 1.74. The van der Waals surface area contributed by atoms with Crippen molar-refractivity contribution in [1.29, 1.82) is 0 Å². The Bertz CT molecular complexity index is 924. The average molecular weight is 349 g/mol. The van der Waals surface area contributed by atoms with E-state index in [9.17, 15) is 4.79 Å². The average Bonchev–Trinajstić information content (AvgIpc) is 2.75. The fourth-order valence-electron chi connectivity index (χ4n) is 3.13. The molecule has 3 aromatic rings. The van der Waals surface area contributed by atoms with Gasteiger partial charge >= 0.3 is 0 Å². The van der Waals surface area contributed by atoms with Gasteiger partial charge in [-0.1, -0.05) is 54.1 Å². The minimum absolute atomic E-state index is 0.0000959. The normalized spacial score (nSPS) is 12.8. The van der Waals surface area contributed by atoms with Gasteiger partial charge in [0.05, 0.1) is 22.6 Å². The maximum atomic E-state index is 13.2. The molecule has 0 saturated carbocycles. The van der Waals surface area contributed by atoms with Gasteiger partial charge in [0.2, 0.25) is 0 Å². The van der Waals surface area contributed by atoms with Gasteiger partial charge in [0, 0.05) is 11.6 Å². The Kier molecular flexibility index (Phi) is 4.16. The zero-order valence-electron chi connectivity index (χ0n) is 13.6. The number of anilines is 3. The number of amides is 1. The molecule has 0 fully saturated rings. The molecule has 0 saturated heterocycles. The van der Waals surface area contributed by atoms with E-state index in [0.29, 0.717) is 17.1 Å². The number of carbonyl (C=O) groups is 1. The van der Waals surface area contributed by atoms with Crippen molar-refractivity contribution in [3.8, 4) is 0 Å². The molecule has 1 aliphatic rings. The Hall–Kier alpha value is -2.78. The third-order valence-corrected chi connectivity index (χ3v) is 4.62. The van der Waals surface area contributed by atoms with Crippen molar-refractivity contribution < 1.29 is 4.79 Å². The Morgan fingerprint density at radius 1 is 0.880 bits per heavy atom. The number of hydrogen-bond acceptors (Lipinski definition) is 2. The van der Waals surface area contributed by atoms with Gasteiger partial charge in [-0.25, -0.2) is 0 Å². The molecule has 0 atom stereocenters. The topological polar surface area (TPSA) is 32.3 Å². The number of nitrogens with one attached hydrogen (secondary N) is 1. The molecule has 3 aromatic carbocycles. The molecule has 0 aliphatic carbocycles. The summed E-state index contributed by atoms with van der Waals surface area (Å²) in [4.78, 5) is 15.0. The first-order valence-electron chi connectivity index (χ1n) is 8.24. The lowest BCUT2D eigenvalue weighted by atomic mass is 10.1. The number of benzene rings is 3. The summed E-state index contributed by atoms with van der Waals surface area (Å²) in [6, 6.07) is 23.4. The standard InChI is InChI=1S/C21H17ClN2O/c22-16-10-11-20-19(14-16)23-18-9-5-4-8-17(18)21(25)24(20)13-12-15-6-2-1-3-7-15/h1-11,14,23H,12-13H2. The summed E-state index contributed by atoms with van der Waals surface area (Å²) in [6.45, 7) is 0.605. The Morgan fingerprint density at radius 3 is 2.48 bits per heavy atom. The fraction of sp³-hybridized carbons (Fsp3) is 0.0952. The van der Waals surface area contributed by atoms with Crippen molar-refractivity contribution in [2.75, 3.05) is 16.8 Å². The van der Waals surface area contributed by atoms with Crippen molar-refractivity contribution in [1.82, 2.24) is 0 Å². The summed E-state index contributed by atoms with van der Waals surface area (Å²) >= 11 is 6.17. The summed E-state index contributed by atoms with van der Waals surface area (Å²) in [6.07, 6.45) is 0.789. The van der Waals surface area contributed by atoms with Crippen LogP contribution in [-0.4, -0.2) is 12.5 Å². The molecule has 0 spiro atoms. The van der Waals surface area contributed by atoms with E-state index in [2.05, 4.69) is 17.4 Å². The highest BCUT2D eigenvalue weighted by atomic mass is 35.5. The number of nitrogens with zero attached hydrogens (tertiary/aromatic N) is 1. The van der Waals surface area contributed by atoms with Gasteiger partial charge in [0.1, 0.15) is 0 Å². The minimum atomic E-state index is 0.0000959. The van der Waals surface area contributed by atoms with Crippen LogP contribution in [0.4, 0.5) is 17.1 Å². The van der Waals surface area contributed by atoms with Crippen molar-refractivity contribution in [2.45, 2.75) is 6.42 Å². The van der Waals surface area contributed by atoms with E-state index >= 15 is 0 Å². The quantitative estimate of drug-likeness (QED) is 0.697. The van der Waals surface area contributed by atoms with Crippen LogP contribution < -0.4 is 10.2 Å². The minimum Gasteiger partial charge on any atom is -0.353 e. The summed E-state index contributed by atoms with van der Waals surface area (Å²) in [5, 5.41) is 4.00. The second-order valence-electron chi connectivity index (χ2n) is 6.02. The van der Waals surface area contributed by atoms with Gasteiger partial charge in [0.15, 0.2) is 0 Å². The van der Waals surface area contributed by atoms with Gasteiger partial charge in [-0.2, -0.15) is 0 Å². The number of carbonyl (C=O) groups excluding carboxylic acids is 1. The first-order valence-corrected chi connectivity index (χ1v) is 8.61. The predicted molar refractivity (Wildman–Crippen MR) is 103 cm³/mol. The molecule has 0 radical (unpaired) electrons. The van der Waals surface area contributed by atoms with Crippen LogP contribution >= 0.6 is 11.6 Å². The molecule has 124 valence electrons. The molecule has 25 heavy (non-hydrogen) atoms. The molecular formula is C21H17ClN2O. The molecular weight excluding hydrogens is 332 g/mol. The van der Waals surface area contributed by atoms with E-state index in [1.807, 2.05) is 65.6 Å². The first kappa shape index (κ1) is 15.7. The second kappa shape index (κ2) is 6.61. The molecule has 0 unspecified atom stereocenters. The molecule has 4 rings (SSSR count). The first-order chi connectivity index (χ1) is 12.2. The van der Waals surface area contributed by atoms with E-state index < -0.39 is 0 Å². The fourth-order valence-corrected chi connectivity index (χ4v) is 3.30. The molecule has 1 N–H and O–H groups in total. The van der Waals surface area contributed by atoms with Crippen LogP contribution in [0.2, 0.25) is 5.02 Å². The van der Waals surface area contributed by atoms with Crippen LogP contribution in [0, 0.1) is 0 Å². The number of hydrogen-bond donors (Lipinski definition) is 1. The maximum Gasteiger partial charge on any atom is 0.260 e. The molecule has 4 heteroatoms. The lowest BCUT2D eigenvalue weighted by molar-refractivity contribution is 0.0988. The van der Waals surface area contributed by atoms with E-state index in [-0.39, 0.29) is 5.91 Å². The van der Waals surface area contributed by atoms with Crippen LogP contribution in [-0.2, 0) is 6.42 Å². The van der Waals surface area contributed by atoms with Crippen LogP contribution in [0.5, 0.6) is 0 Å². The highest BCUT2D eigenvalue weighted by Gasteiger charge is 2.26. The number of fused-ring (bicyclic) bond motifs is 2. The summed E-state index contributed by atoms with van der Waals surface area (Å²) in [5.41, 5.74) is 4.37. The Labute approximate surface area is 151 Å². The molecule has 1 aliphatic heterocycles. The third kappa shape index (κ3) is 3.11. The lowest BCUT2D eigenvalue weighted by Gasteiger charge is -2.23. The molecule has 1 heterocycles. The number of para-hydroxylation sites is 1. The summed E-state index contributed by atoms with van der Waals surface area (Å²) in [5.74, 6) is 0.0000959. The number of rotatable bonds is 3. The zero-order chi connectivity index (χ0) is 17.2. The highest BCUT2D eigenvalue weighted by molar-refractivity contribution is 6.31. The molecule has 1 amide bonds. The van der Waals surface area contributed by atoms with E-state index in [1.165, 1.54) is 5.56 Å². The van der Waals surface area contributed by atoms with Crippen molar-refractivity contribution in [3.05, 3.63) is 88.9 Å². The second-order valence-corrected chi connectivity index (χ2v) is 6.46. The smallest absolute Gasteiger partial charge is 0.260 e. The third-order valence-electron chi connectivity index (χ3n) is 4.39. The largest absolute Gasteiger partial charge is 0.353 e. The van der Waals surface area contributed by atoms with Gasteiger partial charge in [-0.05, 0) is 42.3 Å². The molecule has 3 nitrogen and oxygen atoms in total. The van der Waals surface area contributed by atoms with Crippen LogP contribution in [0.3, 0.4) is 0 Å². The Morgan fingerprint density at radius 2 is 1.64 bits per heavy atom. The van der Waals surface area contributed by atoms with Gasteiger partial charge in [-0.3, -0.25) is 4.79 Å². The van der Waals surface area contributed by atoms with Gasteiger partial charge in [-0.15, -0.1) is 0 Å². The van der Waals surface area contributed by atoms with E-state index in [4.69, 9.17) is 11.6 Å². The monoisotopic (exact) mass is 348 g/mol. The van der Waals surface area contributed by atoms with Crippen LogP contribution in [0.15, 0.2) is 72.8 Å². The summed E-state index contributed by atoms with van der Waals surface area (Å²) < 4.78 is 0. The van der Waals surface area contributed by atoms with Crippen LogP contribution in [0.1, 0.15) is 15.9 Å². The zero-order valence-corrected chi connectivity index (χ0v) is 14.3. The van der Waals surface area contributed by atoms with Crippen molar-refractivity contribution >= 4 is 34.6 Å². The maximum absolute atomic E-state index is 13.2. The molecule has 0 aromatic heterocycles. The van der Waals surface area contributed by atoms with Gasteiger partial charge < -0.3 is 10.2 Å². The van der Waals surface area contributed by atoms with Crippen molar-refractivity contribution in [2.24, 2.45) is 0 Å².